The van der Waals surface area contributed by atoms with Crippen LogP contribution in [0.5, 0.6) is 0 Å². The van der Waals surface area contributed by atoms with Crippen molar-refractivity contribution in [3.63, 3.8) is 0 Å². The lowest BCUT2D eigenvalue weighted by molar-refractivity contribution is 0.0955. The Hall–Kier alpha value is -2.43. The molecule has 2 N–H and O–H groups in total. The number of nitrogens with zero attached hydrogens (tertiary/aromatic N) is 2. The number of pyridine rings is 2. The zero-order valence-electron chi connectivity index (χ0n) is 10.8. The Bertz CT molecular complexity index is 542. The number of carbonyl (C=O) groups is 1. The summed E-state index contributed by atoms with van der Waals surface area (Å²) in [5, 5.41) is 5.97. The van der Waals surface area contributed by atoms with E-state index in [1.807, 2.05) is 19.1 Å². The molecule has 2 rings (SSSR count). The van der Waals surface area contributed by atoms with Crippen molar-refractivity contribution >= 4 is 11.7 Å². The Morgan fingerprint density at radius 3 is 2.89 bits per heavy atom. The number of aryl methyl sites for hydroxylation is 1. The summed E-state index contributed by atoms with van der Waals surface area (Å²) < 4.78 is 0. The summed E-state index contributed by atoms with van der Waals surface area (Å²) in [7, 11) is 0. The summed E-state index contributed by atoms with van der Waals surface area (Å²) >= 11 is 0. The lowest BCUT2D eigenvalue weighted by atomic mass is 10.3. The van der Waals surface area contributed by atoms with Gasteiger partial charge >= 0.3 is 0 Å². The summed E-state index contributed by atoms with van der Waals surface area (Å²) in [5.74, 6) is 0.697. The first kappa shape index (κ1) is 13.0. The number of hydrogen-bond donors (Lipinski definition) is 2. The first-order valence-corrected chi connectivity index (χ1v) is 6.10. The second kappa shape index (κ2) is 6.49. The summed E-state index contributed by atoms with van der Waals surface area (Å²) in [6.07, 6.45) is 4.94. The number of amides is 1. The van der Waals surface area contributed by atoms with E-state index in [4.69, 9.17) is 0 Å². The number of nitrogens with one attached hydrogen (secondary N) is 2. The monoisotopic (exact) mass is 256 g/mol. The highest BCUT2D eigenvalue weighted by Gasteiger charge is 2.03. The second-order valence-corrected chi connectivity index (χ2v) is 4.14. The van der Waals surface area contributed by atoms with Gasteiger partial charge in [0.05, 0.1) is 5.56 Å². The maximum Gasteiger partial charge on any atom is 0.252 e. The molecule has 0 aliphatic carbocycles. The molecule has 0 saturated carbocycles. The van der Waals surface area contributed by atoms with Crippen LogP contribution < -0.4 is 10.6 Å². The van der Waals surface area contributed by atoms with E-state index < -0.39 is 0 Å². The quantitative estimate of drug-likeness (QED) is 0.798. The number of aromatic nitrogens is 2. The number of anilines is 1. The van der Waals surface area contributed by atoms with Gasteiger partial charge in [0.25, 0.3) is 5.91 Å². The Morgan fingerprint density at radius 1 is 1.26 bits per heavy atom. The molecule has 5 nitrogen and oxygen atoms in total. The lowest BCUT2D eigenvalue weighted by Gasteiger charge is -2.07. The molecule has 0 radical (unpaired) electrons. The van der Waals surface area contributed by atoms with Gasteiger partial charge in [0.1, 0.15) is 5.82 Å². The highest BCUT2D eigenvalue weighted by atomic mass is 16.1. The van der Waals surface area contributed by atoms with Crippen LogP contribution in [-0.2, 0) is 0 Å². The van der Waals surface area contributed by atoms with Gasteiger partial charge in [-0.1, -0.05) is 0 Å². The van der Waals surface area contributed by atoms with Crippen molar-refractivity contribution in [3.8, 4) is 0 Å². The molecule has 0 unspecified atom stereocenters. The van der Waals surface area contributed by atoms with E-state index in [0.29, 0.717) is 18.7 Å². The molecule has 1 amide bonds. The van der Waals surface area contributed by atoms with Crippen molar-refractivity contribution < 1.29 is 4.79 Å². The molecule has 5 heteroatoms. The number of carbonyl (C=O) groups excluding carboxylic acids is 1. The maximum absolute atomic E-state index is 11.7. The van der Waals surface area contributed by atoms with Crippen LogP contribution in [0.15, 0.2) is 42.9 Å². The molecule has 2 aromatic heterocycles. The van der Waals surface area contributed by atoms with E-state index in [1.54, 1.807) is 30.7 Å². The topological polar surface area (TPSA) is 66.9 Å². The van der Waals surface area contributed by atoms with Crippen LogP contribution in [0, 0.1) is 6.92 Å². The summed E-state index contributed by atoms with van der Waals surface area (Å²) in [4.78, 5) is 19.8. The van der Waals surface area contributed by atoms with Crippen molar-refractivity contribution in [3.05, 3.63) is 54.0 Å². The molecule has 0 saturated heterocycles. The van der Waals surface area contributed by atoms with Crippen LogP contribution in [0.2, 0.25) is 0 Å². The van der Waals surface area contributed by atoms with Crippen molar-refractivity contribution in [2.75, 3.05) is 18.4 Å². The predicted molar refractivity (Wildman–Crippen MR) is 74.0 cm³/mol. The van der Waals surface area contributed by atoms with E-state index in [-0.39, 0.29) is 5.91 Å². The van der Waals surface area contributed by atoms with Crippen LogP contribution in [0.1, 0.15) is 15.9 Å². The van der Waals surface area contributed by atoms with Crippen molar-refractivity contribution in [2.24, 2.45) is 0 Å². The molecule has 0 aliphatic rings. The highest BCUT2D eigenvalue weighted by molar-refractivity contribution is 5.93. The van der Waals surface area contributed by atoms with Crippen LogP contribution in [0.3, 0.4) is 0 Å². The van der Waals surface area contributed by atoms with Crippen LogP contribution in [-0.4, -0.2) is 29.0 Å². The zero-order valence-corrected chi connectivity index (χ0v) is 10.8. The Morgan fingerprint density at radius 2 is 2.16 bits per heavy atom. The maximum atomic E-state index is 11.7. The molecule has 0 aromatic carbocycles. The van der Waals surface area contributed by atoms with Gasteiger partial charge < -0.3 is 10.6 Å². The fourth-order valence-electron chi connectivity index (χ4n) is 1.60. The minimum absolute atomic E-state index is 0.118. The van der Waals surface area contributed by atoms with Crippen molar-refractivity contribution in [1.29, 1.82) is 0 Å². The third-order valence-electron chi connectivity index (χ3n) is 2.56. The third kappa shape index (κ3) is 4.06. The van der Waals surface area contributed by atoms with E-state index >= 15 is 0 Å². The first-order valence-electron chi connectivity index (χ1n) is 6.10. The molecule has 0 fully saturated rings. The molecule has 2 heterocycles. The molecule has 19 heavy (non-hydrogen) atoms. The standard InChI is InChI=1S/C14H16N4O/c1-11-4-6-16-13(9-11)17-7-8-18-14(19)12-3-2-5-15-10-12/h2-6,9-10H,7-8H2,1H3,(H,16,17)(H,18,19). The van der Waals surface area contributed by atoms with E-state index in [2.05, 4.69) is 20.6 Å². The van der Waals surface area contributed by atoms with E-state index in [0.717, 1.165) is 11.4 Å². The van der Waals surface area contributed by atoms with Crippen LogP contribution >= 0.6 is 0 Å². The van der Waals surface area contributed by atoms with Crippen LogP contribution in [0.25, 0.3) is 0 Å². The van der Waals surface area contributed by atoms with Gasteiger partial charge in [-0.05, 0) is 36.8 Å². The highest BCUT2D eigenvalue weighted by Crippen LogP contribution is 2.04. The molecule has 2 aromatic rings. The normalized spacial score (nSPS) is 9.95. The van der Waals surface area contributed by atoms with Gasteiger partial charge in [-0.25, -0.2) is 4.98 Å². The SMILES string of the molecule is Cc1ccnc(NCCNC(=O)c2cccnc2)c1. The summed E-state index contributed by atoms with van der Waals surface area (Å²) in [5.41, 5.74) is 1.72. The van der Waals surface area contributed by atoms with Gasteiger partial charge in [-0.2, -0.15) is 0 Å². The Kier molecular flexibility index (Phi) is 4.44. The van der Waals surface area contributed by atoms with Gasteiger partial charge in [-0.15, -0.1) is 0 Å². The van der Waals surface area contributed by atoms with E-state index in [1.165, 1.54) is 0 Å². The molecular weight excluding hydrogens is 240 g/mol. The molecular formula is C14H16N4O. The average molecular weight is 256 g/mol. The lowest BCUT2D eigenvalue weighted by Crippen LogP contribution is -2.28. The Labute approximate surface area is 112 Å². The molecule has 98 valence electrons. The van der Waals surface area contributed by atoms with Crippen molar-refractivity contribution in [1.82, 2.24) is 15.3 Å². The zero-order chi connectivity index (χ0) is 13.5. The molecule has 0 aliphatic heterocycles. The Balaban J connectivity index is 1.74. The van der Waals surface area contributed by atoms with Gasteiger partial charge in [0, 0.05) is 31.7 Å². The third-order valence-corrected chi connectivity index (χ3v) is 2.56. The largest absolute Gasteiger partial charge is 0.368 e. The fourth-order valence-corrected chi connectivity index (χ4v) is 1.60. The van der Waals surface area contributed by atoms with Crippen molar-refractivity contribution in [2.45, 2.75) is 6.92 Å². The fraction of sp³-hybridized carbons (Fsp3) is 0.214. The number of hydrogen-bond acceptors (Lipinski definition) is 4. The minimum Gasteiger partial charge on any atom is -0.368 e. The minimum atomic E-state index is -0.118. The van der Waals surface area contributed by atoms with Gasteiger partial charge in [-0.3, -0.25) is 9.78 Å². The summed E-state index contributed by atoms with van der Waals surface area (Å²) in [6.45, 7) is 3.17. The van der Waals surface area contributed by atoms with Gasteiger partial charge in [0.15, 0.2) is 0 Å². The van der Waals surface area contributed by atoms with E-state index in [9.17, 15) is 4.79 Å². The summed E-state index contributed by atoms with van der Waals surface area (Å²) in [6, 6.07) is 7.37. The molecule has 0 atom stereocenters. The smallest absolute Gasteiger partial charge is 0.252 e. The number of rotatable bonds is 5. The predicted octanol–water partition coefficient (Wildman–Crippen LogP) is 1.63. The second-order valence-electron chi connectivity index (χ2n) is 4.14. The first-order chi connectivity index (χ1) is 9.25. The molecule has 0 bridgehead atoms. The average Bonchev–Trinajstić information content (AvgIpc) is 2.44. The van der Waals surface area contributed by atoms with Gasteiger partial charge in [0.2, 0.25) is 0 Å². The molecule has 0 spiro atoms. The van der Waals surface area contributed by atoms with Crippen LogP contribution in [0.4, 0.5) is 5.82 Å².